The first-order valence-electron chi connectivity index (χ1n) is 6.94. The minimum absolute atomic E-state index is 0.0248. The molecule has 1 fully saturated rings. The first kappa shape index (κ1) is 14.8. The van der Waals surface area contributed by atoms with Gasteiger partial charge >= 0.3 is 0 Å². The van der Waals surface area contributed by atoms with Gasteiger partial charge in [0.25, 0.3) is 0 Å². The van der Waals surface area contributed by atoms with E-state index in [1.807, 2.05) is 25.1 Å². The molecule has 0 radical (unpaired) electrons. The lowest BCUT2D eigenvalue weighted by molar-refractivity contribution is -0.120. The standard InChI is InChI=1S/C15H22N2O3/c1-11-3-4-12(8-17-15(18)9-16-2)14(7-11)20-13-5-6-19-10-13/h3-4,7,13,16H,5-6,8-10H2,1-2H3,(H,17,18). The van der Waals surface area contributed by atoms with Crippen LogP contribution in [0.4, 0.5) is 0 Å². The number of likely N-dealkylation sites (N-methyl/N-ethyl adjacent to an activating group) is 1. The van der Waals surface area contributed by atoms with Crippen molar-refractivity contribution in [3.8, 4) is 5.75 Å². The van der Waals surface area contributed by atoms with Crippen LogP contribution in [0.15, 0.2) is 18.2 Å². The van der Waals surface area contributed by atoms with Crippen LogP contribution in [0.1, 0.15) is 17.5 Å². The fourth-order valence-electron chi connectivity index (χ4n) is 2.12. The SMILES string of the molecule is CNCC(=O)NCc1ccc(C)cc1OC1CCOC1. The van der Waals surface area contributed by atoms with Crippen molar-refractivity contribution >= 4 is 5.91 Å². The van der Waals surface area contributed by atoms with Crippen LogP contribution >= 0.6 is 0 Å². The largest absolute Gasteiger partial charge is 0.488 e. The normalized spacial score (nSPS) is 18.0. The molecule has 5 heteroatoms. The number of hydrogen-bond acceptors (Lipinski definition) is 4. The molecule has 2 N–H and O–H groups in total. The third kappa shape index (κ3) is 4.21. The molecule has 1 amide bonds. The summed E-state index contributed by atoms with van der Waals surface area (Å²) in [7, 11) is 1.75. The average Bonchev–Trinajstić information content (AvgIpc) is 2.91. The number of hydrogen-bond donors (Lipinski definition) is 2. The second-order valence-corrected chi connectivity index (χ2v) is 5.02. The molecule has 1 heterocycles. The molecule has 0 spiro atoms. The highest BCUT2D eigenvalue weighted by atomic mass is 16.5. The van der Waals surface area contributed by atoms with Gasteiger partial charge in [0.2, 0.25) is 5.91 Å². The minimum Gasteiger partial charge on any atom is -0.488 e. The molecule has 1 unspecified atom stereocenters. The van der Waals surface area contributed by atoms with Crippen molar-refractivity contribution in [2.45, 2.75) is 26.0 Å². The summed E-state index contributed by atoms with van der Waals surface area (Å²) in [6.07, 6.45) is 1.03. The van der Waals surface area contributed by atoms with Crippen LogP contribution in [0.2, 0.25) is 0 Å². The molecule has 0 aliphatic carbocycles. The van der Waals surface area contributed by atoms with Gasteiger partial charge in [0.05, 0.1) is 19.8 Å². The number of carbonyl (C=O) groups excluding carboxylic acids is 1. The van der Waals surface area contributed by atoms with Crippen LogP contribution in [0.25, 0.3) is 0 Å². The monoisotopic (exact) mass is 278 g/mol. The van der Waals surface area contributed by atoms with Crippen molar-refractivity contribution in [1.82, 2.24) is 10.6 Å². The van der Waals surface area contributed by atoms with Crippen molar-refractivity contribution in [3.05, 3.63) is 29.3 Å². The van der Waals surface area contributed by atoms with Gasteiger partial charge < -0.3 is 20.1 Å². The zero-order valence-corrected chi connectivity index (χ0v) is 12.1. The highest BCUT2D eigenvalue weighted by Gasteiger charge is 2.18. The lowest BCUT2D eigenvalue weighted by Gasteiger charge is -2.16. The van der Waals surface area contributed by atoms with E-state index in [-0.39, 0.29) is 12.0 Å². The highest BCUT2D eigenvalue weighted by molar-refractivity contribution is 5.78. The third-order valence-electron chi connectivity index (χ3n) is 3.22. The lowest BCUT2D eigenvalue weighted by atomic mass is 10.1. The summed E-state index contributed by atoms with van der Waals surface area (Å²) in [5.41, 5.74) is 2.14. The van der Waals surface area contributed by atoms with Crippen LogP contribution in [-0.4, -0.2) is 38.8 Å². The van der Waals surface area contributed by atoms with Gasteiger partial charge in [0.1, 0.15) is 11.9 Å². The molecule has 2 rings (SSSR count). The molecule has 0 aromatic heterocycles. The summed E-state index contributed by atoms with van der Waals surface area (Å²) in [4.78, 5) is 11.5. The average molecular weight is 278 g/mol. The molecule has 110 valence electrons. The molecule has 0 bridgehead atoms. The first-order valence-corrected chi connectivity index (χ1v) is 6.94. The Labute approximate surface area is 119 Å². The fraction of sp³-hybridized carbons (Fsp3) is 0.533. The van der Waals surface area contributed by atoms with Gasteiger partial charge in [-0.05, 0) is 25.6 Å². The molecule has 20 heavy (non-hydrogen) atoms. The molecule has 1 saturated heterocycles. The number of carbonyl (C=O) groups is 1. The van der Waals surface area contributed by atoms with Gasteiger partial charge in [0.15, 0.2) is 0 Å². The Balaban J connectivity index is 2.01. The first-order chi connectivity index (χ1) is 9.69. The van der Waals surface area contributed by atoms with Gasteiger partial charge in [-0.1, -0.05) is 12.1 Å². The van der Waals surface area contributed by atoms with E-state index in [1.54, 1.807) is 7.05 Å². The molecular weight excluding hydrogens is 256 g/mol. The minimum atomic E-state index is -0.0248. The molecule has 1 aromatic rings. The van der Waals surface area contributed by atoms with E-state index in [1.165, 1.54) is 0 Å². The number of rotatable bonds is 6. The zero-order chi connectivity index (χ0) is 14.4. The van der Waals surface area contributed by atoms with E-state index in [0.717, 1.165) is 29.9 Å². The van der Waals surface area contributed by atoms with Crippen molar-refractivity contribution in [3.63, 3.8) is 0 Å². The van der Waals surface area contributed by atoms with Crippen molar-refractivity contribution in [2.24, 2.45) is 0 Å². The van der Waals surface area contributed by atoms with Crippen LogP contribution in [-0.2, 0) is 16.1 Å². The molecule has 1 atom stereocenters. The quantitative estimate of drug-likeness (QED) is 0.815. The molecule has 1 aromatic carbocycles. The van der Waals surface area contributed by atoms with Gasteiger partial charge in [0, 0.05) is 18.5 Å². The van der Waals surface area contributed by atoms with Crippen LogP contribution in [0.3, 0.4) is 0 Å². The Bertz CT molecular complexity index is 456. The Morgan fingerprint density at radius 2 is 2.35 bits per heavy atom. The van der Waals surface area contributed by atoms with Crippen molar-refractivity contribution in [1.29, 1.82) is 0 Å². The highest BCUT2D eigenvalue weighted by Crippen LogP contribution is 2.23. The summed E-state index contributed by atoms with van der Waals surface area (Å²) >= 11 is 0. The second-order valence-electron chi connectivity index (χ2n) is 5.02. The van der Waals surface area contributed by atoms with Gasteiger partial charge in [-0.3, -0.25) is 4.79 Å². The van der Waals surface area contributed by atoms with E-state index in [9.17, 15) is 4.79 Å². The maximum Gasteiger partial charge on any atom is 0.234 e. The molecular formula is C15H22N2O3. The Kier molecular flexibility index (Phi) is 5.38. The predicted octanol–water partition coefficient (Wildman–Crippen LogP) is 0.998. The topological polar surface area (TPSA) is 59.6 Å². The molecule has 1 aliphatic rings. The van der Waals surface area contributed by atoms with Crippen LogP contribution in [0.5, 0.6) is 5.75 Å². The molecule has 1 aliphatic heterocycles. The van der Waals surface area contributed by atoms with E-state index >= 15 is 0 Å². The van der Waals surface area contributed by atoms with E-state index < -0.39 is 0 Å². The summed E-state index contributed by atoms with van der Waals surface area (Å²) in [6.45, 7) is 4.22. The van der Waals surface area contributed by atoms with E-state index in [0.29, 0.717) is 19.7 Å². The Hall–Kier alpha value is -1.59. The zero-order valence-electron chi connectivity index (χ0n) is 12.1. The van der Waals surface area contributed by atoms with Crippen LogP contribution < -0.4 is 15.4 Å². The second kappa shape index (κ2) is 7.26. The number of nitrogens with one attached hydrogen (secondary N) is 2. The molecule has 0 saturated carbocycles. The number of ether oxygens (including phenoxy) is 2. The van der Waals surface area contributed by atoms with E-state index in [4.69, 9.17) is 9.47 Å². The summed E-state index contributed by atoms with van der Waals surface area (Å²) in [5, 5.41) is 5.70. The van der Waals surface area contributed by atoms with Gasteiger partial charge in [-0.25, -0.2) is 0 Å². The summed E-state index contributed by atoms with van der Waals surface area (Å²) in [5.74, 6) is 0.813. The summed E-state index contributed by atoms with van der Waals surface area (Å²) in [6, 6.07) is 6.04. The number of benzene rings is 1. The van der Waals surface area contributed by atoms with Crippen LogP contribution in [0, 0.1) is 6.92 Å². The van der Waals surface area contributed by atoms with E-state index in [2.05, 4.69) is 10.6 Å². The smallest absolute Gasteiger partial charge is 0.234 e. The maximum atomic E-state index is 11.5. The summed E-state index contributed by atoms with van der Waals surface area (Å²) < 4.78 is 11.3. The van der Waals surface area contributed by atoms with Gasteiger partial charge in [-0.2, -0.15) is 0 Å². The van der Waals surface area contributed by atoms with Gasteiger partial charge in [-0.15, -0.1) is 0 Å². The number of amides is 1. The third-order valence-corrected chi connectivity index (χ3v) is 3.22. The van der Waals surface area contributed by atoms with Crippen molar-refractivity contribution < 1.29 is 14.3 Å². The fourth-order valence-corrected chi connectivity index (χ4v) is 2.12. The number of aryl methyl sites for hydroxylation is 1. The Morgan fingerprint density at radius 1 is 1.50 bits per heavy atom. The van der Waals surface area contributed by atoms with Crippen molar-refractivity contribution in [2.75, 3.05) is 26.8 Å². The lowest BCUT2D eigenvalue weighted by Crippen LogP contribution is -2.31. The Morgan fingerprint density at radius 3 is 3.05 bits per heavy atom. The maximum absolute atomic E-state index is 11.5. The molecule has 5 nitrogen and oxygen atoms in total. The predicted molar refractivity (Wildman–Crippen MR) is 76.8 cm³/mol.